The highest BCUT2D eigenvalue weighted by Gasteiger charge is 2.31. The van der Waals surface area contributed by atoms with Crippen LogP contribution in [0.1, 0.15) is 32.8 Å². The molecule has 8 nitrogen and oxygen atoms in total. The van der Waals surface area contributed by atoms with Crippen LogP contribution >= 0.6 is 0 Å². The zero-order valence-corrected chi connectivity index (χ0v) is 20.6. The van der Waals surface area contributed by atoms with Gasteiger partial charge in [0.2, 0.25) is 21.8 Å². The number of hydrogen-bond donors (Lipinski definition) is 1. The van der Waals surface area contributed by atoms with Crippen LogP contribution in [0.5, 0.6) is 5.75 Å². The van der Waals surface area contributed by atoms with E-state index in [2.05, 4.69) is 5.32 Å². The van der Waals surface area contributed by atoms with Crippen molar-refractivity contribution in [2.45, 2.75) is 45.8 Å². The van der Waals surface area contributed by atoms with Gasteiger partial charge in [0, 0.05) is 12.6 Å². The molecule has 33 heavy (non-hydrogen) atoms. The highest BCUT2D eigenvalue weighted by molar-refractivity contribution is 7.92. The van der Waals surface area contributed by atoms with Crippen LogP contribution in [0.4, 0.5) is 5.69 Å². The van der Waals surface area contributed by atoms with Crippen LogP contribution in [0.3, 0.4) is 0 Å². The number of methoxy groups -OCH3 is 1. The molecule has 0 aliphatic rings. The summed E-state index contributed by atoms with van der Waals surface area (Å²) < 4.78 is 31.6. The number of benzene rings is 2. The van der Waals surface area contributed by atoms with Crippen molar-refractivity contribution in [3.05, 3.63) is 60.2 Å². The molecule has 0 heterocycles. The molecule has 0 aliphatic heterocycles. The zero-order valence-electron chi connectivity index (χ0n) is 19.8. The van der Waals surface area contributed by atoms with Crippen molar-refractivity contribution < 1.29 is 22.7 Å². The quantitative estimate of drug-likeness (QED) is 0.539. The van der Waals surface area contributed by atoms with Crippen LogP contribution < -0.4 is 14.4 Å². The summed E-state index contributed by atoms with van der Waals surface area (Å²) in [6, 6.07) is 15.0. The van der Waals surface area contributed by atoms with Gasteiger partial charge in [0.05, 0.1) is 19.1 Å². The summed E-state index contributed by atoms with van der Waals surface area (Å²) in [5, 5.41) is 2.90. The highest BCUT2D eigenvalue weighted by atomic mass is 32.2. The highest BCUT2D eigenvalue weighted by Crippen LogP contribution is 2.29. The Morgan fingerprint density at radius 1 is 1.03 bits per heavy atom. The number of para-hydroxylation sites is 2. The van der Waals surface area contributed by atoms with Crippen LogP contribution in [-0.2, 0) is 26.2 Å². The number of rotatable bonds is 11. The molecule has 0 saturated heterocycles. The van der Waals surface area contributed by atoms with Gasteiger partial charge in [-0.15, -0.1) is 0 Å². The van der Waals surface area contributed by atoms with Crippen molar-refractivity contribution in [2.75, 3.05) is 24.2 Å². The average Bonchev–Trinajstić information content (AvgIpc) is 2.80. The summed E-state index contributed by atoms with van der Waals surface area (Å²) in [6.07, 6.45) is 1.79. The van der Waals surface area contributed by atoms with Gasteiger partial charge in [0.1, 0.15) is 18.3 Å². The SMILES string of the molecule is CC[C@H](C)NC(=O)[C@H](C)N(Cc1ccccc1)C(=O)CN(c1ccccc1OC)S(C)(=O)=O. The third kappa shape index (κ3) is 7.21. The molecular formula is C24H33N3O5S. The monoisotopic (exact) mass is 475 g/mol. The van der Waals surface area contributed by atoms with Crippen molar-refractivity contribution in [1.29, 1.82) is 0 Å². The van der Waals surface area contributed by atoms with Crippen molar-refractivity contribution in [3.8, 4) is 5.75 Å². The van der Waals surface area contributed by atoms with Gasteiger partial charge < -0.3 is 15.0 Å². The van der Waals surface area contributed by atoms with Crippen molar-refractivity contribution >= 4 is 27.5 Å². The molecule has 0 fully saturated rings. The summed E-state index contributed by atoms with van der Waals surface area (Å²) in [6.45, 7) is 5.19. The number of nitrogens with one attached hydrogen (secondary N) is 1. The number of ether oxygens (including phenoxy) is 1. The molecule has 0 aromatic heterocycles. The Hall–Kier alpha value is -3.07. The lowest BCUT2D eigenvalue weighted by molar-refractivity contribution is -0.139. The van der Waals surface area contributed by atoms with Gasteiger partial charge in [0.25, 0.3) is 0 Å². The first-order chi connectivity index (χ1) is 15.6. The number of amides is 2. The molecule has 0 unspecified atom stereocenters. The number of carbonyl (C=O) groups is 2. The average molecular weight is 476 g/mol. The topological polar surface area (TPSA) is 96.0 Å². The molecular weight excluding hydrogens is 442 g/mol. The first-order valence-electron chi connectivity index (χ1n) is 10.8. The van der Waals surface area contributed by atoms with Gasteiger partial charge in [-0.3, -0.25) is 13.9 Å². The Balaban J connectivity index is 2.39. The molecule has 180 valence electrons. The van der Waals surface area contributed by atoms with E-state index < -0.39 is 28.5 Å². The van der Waals surface area contributed by atoms with Gasteiger partial charge in [-0.1, -0.05) is 49.4 Å². The lowest BCUT2D eigenvalue weighted by Crippen LogP contribution is -2.52. The predicted octanol–water partition coefficient (Wildman–Crippen LogP) is 2.79. The summed E-state index contributed by atoms with van der Waals surface area (Å²) >= 11 is 0. The van der Waals surface area contributed by atoms with E-state index in [0.29, 0.717) is 5.75 Å². The molecule has 1 N–H and O–H groups in total. The van der Waals surface area contributed by atoms with Crippen molar-refractivity contribution in [2.24, 2.45) is 0 Å². The smallest absolute Gasteiger partial charge is 0.244 e. The number of anilines is 1. The Kier molecular flexibility index (Phi) is 9.28. The first-order valence-corrected chi connectivity index (χ1v) is 12.7. The lowest BCUT2D eigenvalue weighted by atomic mass is 10.1. The molecule has 2 aromatic rings. The van der Waals surface area contributed by atoms with Gasteiger partial charge in [-0.25, -0.2) is 8.42 Å². The summed E-state index contributed by atoms with van der Waals surface area (Å²) in [4.78, 5) is 27.7. The standard InChI is InChI=1S/C24H33N3O5S/c1-6-18(2)25-24(29)19(3)26(16-20-12-8-7-9-13-20)23(28)17-27(33(5,30)31)21-14-10-11-15-22(21)32-4/h7-15,18-19H,6,16-17H2,1-5H3,(H,25,29)/t18-,19-/m0/s1. The lowest BCUT2D eigenvalue weighted by Gasteiger charge is -2.32. The second-order valence-corrected chi connectivity index (χ2v) is 9.85. The molecule has 2 atom stereocenters. The fraction of sp³-hybridized carbons (Fsp3) is 0.417. The minimum atomic E-state index is -3.82. The maximum atomic E-state index is 13.5. The van der Waals surface area contributed by atoms with E-state index in [4.69, 9.17) is 4.74 Å². The zero-order chi connectivity index (χ0) is 24.6. The van der Waals surface area contributed by atoms with Gasteiger partial charge in [-0.2, -0.15) is 0 Å². The van der Waals surface area contributed by atoms with Crippen LogP contribution in [0.25, 0.3) is 0 Å². The van der Waals surface area contributed by atoms with E-state index >= 15 is 0 Å². The van der Waals surface area contributed by atoms with Crippen molar-refractivity contribution in [1.82, 2.24) is 10.2 Å². The van der Waals surface area contributed by atoms with Crippen LogP contribution in [0, 0.1) is 0 Å². The summed E-state index contributed by atoms with van der Waals surface area (Å²) in [5.74, 6) is -0.466. The number of sulfonamides is 1. The van der Waals surface area contributed by atoms with Crippen molar-refractivity contribution in [3.63, 3.8) is 0 Å². The maximum Gasteiger partial charge on any atom is 0.244 e. The number of nitrogens with zero attached hydrogens (tertiary/aromatic N) is 2. The molecule has 2 rings (SSSR count). The van der Waals surface area contributed by atoms with E-state index in [-0.39, 0.29) is 24.2 Å². The van der Waals surface area contributed by atoms with Crippen LogP contribution in [0.15, 0.2) is 54.6 Å². The first kappa shape index (κ1) is 26.2. The van der Waals surface area contributed by atoms with E-state index in [0.717, 1.165) is 22.5 Å². The Labute approximate surface area is 196 Å². The second-order valence-electron chi connectivity index (χ2n) is 7.94. The molecule has 2 amide bonds. The largest absolute Gasteiger partial charge is 0.495 e. The number of hydrogen-bond acceptors (Lipinski definition) is 5. The maximum absolute atomic E-state index is 13.5. The van der Waals surface area contributed by atoms with E-state index in [1.165, 1.54) is 12.0 Å². The molecule has 0 aliphatic carbocycles. The number of carbonyl (C=O) groups excluding carboxylic acids is 2. The van der Waals surface area contributed by atoms with Gasteiger partial charge in [0.15, 0.2) is 0 Å². The normalized spacial score (nSPS) is 13.0. The molecule has 0 bridgehead atoms. The van der Waals surface area contributed by atoms with Gasteiger partial charge >= 0.3 is 0 Å². The Morgan fingerprint density at radius 3 is 2.21 bits per heavy atom. The molecule has 9 heteroatoms. The fourth-order valence-electron chi connectivity index (χ4n) is 3.26. The minimum absolute atomic E-state index is 0.0466. The van der Waals surface area contributed by atoms with Gasteiger partial charge in [-0.05, 0) is 38.0 Å². The summed E-state index contributed by atoms with van der Waals surface area (Å²) in [7, 11) is -2.38. The fourth-order valence-corrected chi connectivity index (χ4v) is 4.11. The van der Waals surface area contributed by atoms with E-state index in [1.807, 2.05) is 44.2 Å². The third-order valence-electron chi connectivity index (χ3n) is 5.40. The van der Waals surface area contributed by atoms with E-state index in [9.17, 15) is 18.0 Å². The van der Waals surface area contributed by atoms with E-state index in [1.54, 1.807) is 31.2 Å². The predicted molar refractivity (Wildman–Crippen MR) is 130 cm³/mol. The second kappa shape index (κ2) is 11.7. The molecule has 2 aromatic carbocycles. The third-order valence-corrected chi connectivity index (χ3v) is 6.52. The van der Waals surface area contributed by atoms with Crippen LogP contribution in [0.2, 0.25) is 0 Å². The Morgan fingerprint density at radius 2 is 1.64 bits per heavy atom. The molecule has 0 radical (unpaired) electrons. The van der Waals surface area contributed by atoms with Crippen LogP contribution in [-0.4, -0.2) is 57.1 Å². The summed E-state index contributed by atoms with van der Waals surface area (Å²) in [5.41, 5.74) is 1.09. The minimum Gasteiger partial charge on any atom is -0.495 e. The molecule has 0 saturated carbocycles. The Bertz CT molecular complexity index is 1040. The molecule has 0 spiro atoms.